The zero-order valence-electron chi connectivity index (χ0n) is 4.71. The van der Waals surface area contributed by atoms with Crippen LogP contribution in [0.2, 0.25) is 0 Å². The van der Waals surface area contributed by atoms with Crippen molar-refractivity contribution in [2.24, 2.45) is 0 Å². The van der Waals surface area contributed by atoms with Crippen molar-refractivity contribution >= 4 is 11.8 Å². The summed E-state index contributed by atoms with van der Waals surface area (Å²) in [7, 11) is 0. The van der Waals surface area contributed by atoms with Crippen LogP contribution in [0.5, 0.6) is 0 Å². The molecule has 1 aliphatic rings. The van der Waals surface area contributed by atoms with Crippen LogP contribution in [0.15, 0.2) is 0 Å². The van der Waals surface area contributed by atoms with Crippen molar-refractivity contribution in [3.8, 4) is 0 Å². The summed E-state index contributed by atoms with van der Waals surface area (Å²) in [6.07, 6.45) is 0. The number of carbonyl (C=O) groups is 2. The number of aromatic nitrogens is 3. The highest BCUT2D eigenvalue weighted by Crippen LogP contribution is 2.06. The Bertz CT molecular complexity index is 286. The van der Waals surface area contributed by atoms with E-state index in [1.54, 1.807) is 0 Å². The molecule has 0 aliphatic carbocycles. The van der Waals surface area contributed by atoms with Crippen LogP contribution < -0.4 is 5.32 Å². The van der Waals surface area contributed by atoms with Gasteiger partial charge in [0.25, 0.3) is 11.8 Å². The fourth-order valence-electron chi connectivity index (χ4n) is 0.769. The van der Waals surface area contributed by atoms with Crippen LogP contribution >= 0.6 is 0 Å². The standard InChI is InChI=1S/C4H2N4O2/c9-3-1-2(4(10)5-3)7-8-6-1/h(H,5,9,10)(H,6,7,8). The Hall–Kier alpha value is -1.72. The third kappa shape index (κ3) is 0.426. The van der Waals surface area contributed by atoms with Crippen LogP contribution in [0.1, 0.15) is 21.0 Å². The molecular formula is C4H2N4O2. The molecule has 0 fully saturated rings. The van der Waals surface area contributed by atoms with Gasteiger partial charge in [0.05, 0.1) is 0 Å². The topological polar surface area (TPSA) is 87.7 Å². The number of H-pyrrole nitrogens is 1. The predicted molar refractivity (Wildman–Crippen MR) is 28.2 cm³/mol. The fourth-order valence-corrected chi connectivity index (χ4v) is 0.769. The van der Waals surface area contributed by atoms with E-state index in [4.69, 9.17) is 0 Å². The van der Waals surface area contributed by atoms with Gasteiger partial charge < -0.3 is 0 Å². The van der Waals surface area contributed by atoms with E-state index in [9.17, 15) is 9.59 Å². The van der Waals surface area contributed by atoms with Gasteiger partial charge in [-0.25, -0.2) is 0 Å². The average Bonchev–Trinajstić information content (AvgIpc) is 2.39. The first-order chi connectivity index (χ1) is 4.79. The summed E-state index contributed by atoms with van der Waals surface area (Å²) in [5, 5.41) is 11.1. The van der Waals surface area contributed by atoms with E-state index >= 15 is 0 Å². The third-order valence-electron chi connectivity index (χ3n) is 1.21. The molecule has 10 heavy (non-hydrogen) atoms. The molecule has 6 nitrogen and oxygen atoms in total. The number of aromatic amines is 1. The highest BCUT2D eigenvalue weighted by molar-refractivity contribution is 6.19. The second-order valence-electron chi connectivity index (χ2n) is 1.80. The van der Waals surface area contributed by atoms with E-state index in [1.807, 2.05) is 5.32 Å². The highest BCUT2D eigenvalue weighted by atomic mass is 16.2. The van der Waals surface area contributed by atoms with Gasteiger partial charge in [-0.1, -0.05) is 0 Å². The first-order valence-corrected chi connectivity index (χ1v) is 2.55. The molecule has 0 radical (unpaired) electrons. The number of hydrogen-bond donors (Lipinski definition) is 2. The van der Waals surface area contributed by atoms with Crippen molar-refractivity contribution in [2.75, 3.05) is 0 Å². The molecule has 0 unspecified atom stereocenters. The maximum Gasteiger partial charge on any atom is 0.281 e. The molecule has 50 valence electrons. The monoisotopic (exact) mass is 138 g/mol. The normalized spacial score (nSPS) is 15.2. The Morgan fingerprint density at radius 2 is 1.50 bits per heavy atom. The SMILES string of the molecule is O=C1NC(=O)c2n[nH]nc21. The number of hydrogen-bond acceptors (Lipinski definition) is 4. The molecule has 0 saturated heterocycles. The lowest BCUT2D eigenvalue weighted by molar-refractivity contribution is 0.0874. The summed E-state index contributed by atoms with van der Waals surface area (Å²) in [5.41, 5.74) is 0.148. The number of amides is 2. The molecule has 2 amide bonds. The Kier molecular flexibility index (Phi) is 0.717. The maximum absolute atomic E-state index is 10.7. The van der Waals surface area contributed by atoms with Gasteiger partial charge in [-0.2, -0.15) is 5.21 Å². The summed E-state index contributed by atoms with van der Waals surface area (Å²) in [5.74, 6) is -0.984. The lowest BCUT2D eigenvalue weighted by Gasteiger charge is -1.83. The summed E-state index contributed by atoms with van der Waals surface area (Å²) < 4.78 is 0. The summed E-state index contributed by atoms with van der Waals surface area (Å²) >= 11 is 0. The number of carbonyl (C=O) groups excluding carboxylic acids is 2. The first-order valence-electron chi connectivity index (χ1n) is 2.55. The second-order valence-corrected chi connectivity index (χ2v) is 1.80. The van der Waals surface area contributed by atoms with Gasteiger partial charge >= 0.3 is 0 Å². The Labute approximate surface area is 54.6 Å². The van der Waals surface area contributed by atoms with E-state index in [2.05, 4.69) is 15.4 Å². The molecule has 0 bridgehead atoms. The molecule has 2 N–H and O–H groups in total. The first kappa shape index (κ1) is 5.10. The number of fused-ring (bicyclic) bond motifs is 1. The molecule has 1 aromatic rings. The predicted octanol–water partition coefficient (Wildman–Crippen LogP) is -1.31. The molecule has 2 heterocycles. The Morgan fingerprint density at radius 1 is 1.00 bits per heavy atom. The van der Waals surface area contributed by atoms with Gasteiger partial charge in [-0.05, 0) is 0 Å². The van der Waals surface area contributed by atoms with Crippen molar-refractivity contribution in [1.29, 1.82) is 0 Å². The van der Waals surface area contributed by atoms with Crippen LogP contribution in [-0.4, -0.2) is 27.2 Å². The van der Waals surface area contributed by atoms with E-state index in [1.165, 1.54) is 0 Å². The number of rotatable bonds is 0. The summed E-state index contributed by atoms with van der Waals surface area (Å²) in [4.78, 5) is 21.4. The highest BCUT2D eigenvalue weighted by Gasteiger charge is 2.30. The second kappa shape index (κ2) is 1.41. The average molecular weight is 138 g/mol. The summed E-state index contributed by atoms with van der Waals surface area (Å²) in [6.45, 7) is 0. The molecule has 0 atom stereocenters. The van der Waals surface area contributed by atoms with Crippen molar-refractivity contribution in [3.05, 3.63) is 11.4 Å². The van der Waals surface area contributed by atoms with Crippen LogP contribution in [0.4, 0.5) is 0 Å². The van der Waals surface area contributed by atoms with Gasteiger partial charge in [-0.15, -0.1) is 10.2 Å². The lowest BCUT2D eigenvalue weighted by atomic mass is 10.4. The zero-order chi connectivity index (χ0) is 7.14. The molecule has 0 saturated carbocycles. The van der Waals surface area contributed by atoms with Crippen LogP contribution in [0, 0.1) is 0 Å². The minimum atomic E-state index is -0.492. The molecule has 6 heteroatoms. The Balaban J connectivity index is 2.69. The summed E-state index contributed by atoms with van der Waals surface area (Å²) in [6, 6.07) is 0. The van der Waals surface area contributed by atoms with E-state index in [-0.39, 0.29) is 11.4 Å². The van der Waals surface area contributed by atoms with Crippen molar-refractivity contribution < 1.29 is 9.59 Å². The van der Waals surface area contributed by atoms with E-state index in [0.717, 1.165) is 0 Å². The van der Waals surface area contributed by atoms with Crippen LogP contribution in [0.25, 0.3) is 0 Å². The molecule has 2 rings (SSSR count). The lowest BCUT2D eigenvalue weighted by Crippen LogP contribution is -2.21. The molecule has 0 aromatic carbocycles. The number of nitrogens with one attached hydrogen (secondary N) is 2. The van der Waals surface area contributed by atoms with Gasteiger partial charge in [0.2, 0.25) is 0 Å². The fraction of sp³-hybridized carbons (Fsp3) is 0. The van der Waals surface area contributed by atoms with E-state index < -0.39 is 11.8 Å². The molecule has 1 aliphatic heterocycles. The molecular weight excluding hydrogens is 136 g/mol. The smallest absolute Gasteiger partial charge is 0.281 e. The van der Waals surface area contributed by atoms with Gasteiger partial charge in [0, 0.05) is 0 Å². The van der Waals surface area contributed by atoms with Gasteiger partial charge in [0.1, 0.15) is 0 Å². The van der Waals surface area contributed by atoms with Crippen molar-refractivity contribution in [2.45, 2.75) is 0 Å². The van der Waals surface area contributed by atoms with Crippen molar-refractivity contribution in [3.63, 3.8) is 0 Å². The van der Waals surface area contributed by atoms with E-state index in [0.29, 0.717) is 0 Å². The maximum atomic E-state index is 10.7. The zero-order valence-corrected chi connectivity index (χ0v) is 4.71. The molecule has 1 aromatic heterocycles. The van der Waals surface area contributed by atoms with Gasteiger partial charge in [0.15, 0.2) is 11.4 Å². The minimum Gasteiger partial charge on any atom is -0.285 e. The van der Waals surface area contributed by atoms with Crippen LogP contribution in [0.3, 0.4) is 0 Å². The third-order valence-corrected chi connectivity index (χ3v) is 1.21. The largest absolute Gasteiger partial charge is 0.285 e. The van der Waals surface area contributed by atoms with Crippen molar-refractivity contribution in [1.82, 2.24) is 20.7 Å². The van der Waals surface area contributed by atoms with Gasteiger partial charge in [-0.3, -0.25) is 14.9 Å². The quantitative estimate of drug-likeness (QED) is 0.435. The molecule has 0 spiro atoms. The number of imide groups is 1. The Morgan fingerprint density at radius 3 is 2.00 bits per heavy atom. The van der Waals surface area contributed by atoms with Crippen LogP contribution in [-0.2, 0) is 0 Å². The number of nitrogens with zero attached hydrogens (tertiary/aromatic N) is 2. The minimum absolute atomic E-state index is 0.0741.